The van der Waals surface area contributed by atoms with E-state index in [1.807, 2.05) is 6.92 Å². The lowest BCUT2D eigenvalue weighted by Crippen LogP contribution is -2.49. The fourth-order valence-corrected chi connectivity index (χ4v) is 4.82. The second-order valence-electron chi connectivity index (χ2n) is 11.6. The van der Waals surface area contributed by atoms with Crippen molar-refractivity contribution in [3.05, 3.63) is 35.4 Å². The lowest BCUT2D eigenvalue weighted by molar-refractivity contribution is 0.0495. The zero-order chi connectivity index (χ0) is 30.2. The number of hydrogen-bond acceptors (Lipinski definition) is 8. The van der Waals surface area contributed by atoms with Crippen molar-refractivity contribution in [2.75, 3.05) is 29.6 Å². The minimum Gasteiger partial charge on any atom is -0.444 e. The largest absolute Gasteiger partial charge is 0.444 e. The number of alkyl carbamates (subject to hydrolysis) is 1. The predicted octanol–water partition coefficient (Wildman–Crippen LogP) is 4.65. The molecule has 41 heavy (non-hydrogen) atoms. The van der Waals surface area contributed by atoms with Gasteiger partial charge in [-0.15, -0.1) is 0 Å². The van der Waals surface area contributed by atoms with E-state index in [1.165, 1.54) is 10.7 Å². The summed E-state index contributed by atoms with van der Waals surface area (Å²) in [7, 11) is 5.23. The number of nitrogens with one attached hydrogen (secondary N) is 3. The number of nitrogens with zero attached hydrogens (tertiary/aromatic N) is 4. The standard InChI is InChI=1S/C28H38F2N8O3/c1-8-20(33-27(40)41-28(2,3)4)21(14-9-10-14)34-25-19(30)13-17(23(31)39)24(35-25)32-15-11-16-22(18(29)12-15)38(7)36-26(16)37(5)6/h11-14,20-21H,8-10H2,1-7H3,(H2,31,39)(H,33,40)(H2,32,34,35)/t20-,21+/m0/s1. The van der Waals surface area contributed by atoms with Crippen LogP contribution in [-0.2, 0) is 11.8 Å². The normalized spacial score (nSPS) is 14.9. The van der Waals surface area contributed by atoms with Crippen molar-refractivity contribution in [1.29, 1.82) is 0 Å². The smallest absolute Gasteiger partial charge is 0.407 e. The van der Waals surface area contributed by atoms with Crippen LogP contribution in [-0.4, -0.2) is 58.5 Å². The number of amides is 2. The molecule has 2 amide bonds. The van der Waals surface area contributed by atoms with E-state index in [-0.39, 0.29) is 40.9 Å². The van der Waals surface area contributed by atoms with E-state index < -0.39 is 29.2 Å². The molecule has 0 aliphatic heterocycles. The number of halogens is 2. The van der Waals surface area contributed by atoms with Gasteiger partial charge in [-0.1, -0.05) is 6.92 Å². The number of anilines is 4. The van der Waals surface area contributed by atoms with Crippen LogP contribution in [0.3, 0.4) is 0 Å². The molecule has 2 aromatic heterocycles. The third kappa shape index (κ3) is 6.77. The minimum atomic E-state index is -0.904. The van der Waals surface area contributed by atoms with Crippen molar-refractivity contribution in [2.45, 2.75) is 64.6 Å². The van der Waals surface area contributed by atoms with E-state index in [2.05, 4.69) is 26.0 Å². The molecule has 222 valence electrons. The van der Waals surface area contributed by atoms with E-state index in [0.29, 0.717) is 23.1 Å². The van der Waals surface area contributed by atoms with Crippen LogP contribution in [0.2, 0.25) is 0 Å². The Balaban J connectivity index is 1.68. The molecule has 11 nitrogen and oxygen atoms in total. The zero-order valence-corrected chi connectivity index (χ0v) is 24.4. The first-order valence-corrected chi connectivity index (χ1v) is 13.6. The van der Waals surface area contributed by atoms with Gasteiger partial charge in [0.2, 0.25) is 0 Å². The van der Waals surface area contributed by atoms with Gasteiger partial charge in [-0.2, -0.15) is 5.10 Å². The van der Waals surface area contributed by atoms with Gasteiger partial charge in [0, 0.05) is 32.2 Å². The molecule has 5 N–H and O–H groups in total. The number of carbonyl (C=O) groups is 2. The van der Waals surface area contributed by atoms with Crippen LogP contribution in [0.25, 0.3) is 10.9 Å². The molecular formula is C28H38F2N8O3. The molecule has 0 bridgehead atoms. The summed E-state index contributed by atoms with van der Waals surface area (Å²) < 4.78 is 37.3. The van der Waals surface area contributed by atoms with Gasteiger partial charge in [-0.05, 0) is 64.2 Å². The summed E-state index contributed by atoms with van der Waals surface area (Å²) in [5.74, 6) is -1.68. The van der Waals surface area contributed by atoms with Gasteiger partial charge in [-0.3, -0.25) is 9.48 Å². The number of aryl methyl sites for hydroxylation is 1. The molecule has 0 radical (unpaired) electrons. The topological polar surface area (TPSA) is 139 Å². The maximum Gasteiger partial charge on any atom is 0.407 e. The predicted molar refractivity (Wildman–Crippen MR) is 155 cm³/mol. The minimum absolute atomic E-state index is 0.0434. The van der Waals surface area contributed by atoms with Crippen LogP contribution in [0.4, 0.5) is 36.7 Å². The zero-order valence-electron chi connectivity index (χ0n) is 24.4. The van der Waals surface area contributed by atoms with Crippen molar-refractivity contribution in [3.8, 4) is 0 Å². The number of benzene rings is 1. The fourth-order valence-electron chi connectivity index (χ4n) is 4.82. The molecule has 1 aromatic carbocycles. The van der Waals surface area contributed by atoms with Crippen molar-refractivity contribution in [2.24, 2.45) is 18.7 Å². The molecule has 3 aromatic rings. The molecule has 2 atom stereocenters. The Hall–Kier alpha value is -4.16. The van der Waals surface area contributed by atoms with Gasteiger partial charge in [0.05, 0.1) is 17.6 Å². The maximum absolute atomic E-state index is 15.3. The lowest BCUT2D eigenvalue weighted by atomic mass is 10.0. The number of carbonyl (C=O) groups excluding carboxylic acids is 2. The molecule has 0 saturated heterocycles. The average molecular weight is 573 g/mol. The Morgan fingerprint density at radius 2 is 1.85 bits per heavy atom. The lowest BCUT2D eigenvalue weighted by Gasteiger charge is -2.30. The summed E-state index contributed by atoms with van der Waals surface area (Å²) in [6.45, 7) is 7.24. The molecule has 0 spiro atoms. The number of pyridine rings is 1. The first-order valence-electron chi connectivity index (χ1n) is 13.6. The third-order valence-corrected chi connectivity index (χ3v) is 6.81. The second kappa shape index (κ2) is 11.4. The molecule has 1 aliphatic rings. The number of rotatable bonds is 10. The monoisotopic (exact) mass is 572 g/mol. The van der Waals surface area contributed by atoms with E-state index >= 15 is 8.78 Å². The van der Waals surface area contributed by atoms with E-state index in [4.69, 9.17) is 10.5 Å². The highest BCUT2D eigenvalue weighted by molar-refractivity contribution is 5.99. The molecule has 1 aliphatic carbocycles. The number of hydrogen-bond donors (Lipinski definition) is 4. The van der Waals surface area contributed by atoms with Gasteiger partial charge in [0.1, 0.15) is 16.9 Å². The molecule has 1 fully saturated rings. The molecule has 1 saturated carbocycles. The Kier molecular flexibility index (Phi) is 8.27. The Labute approximate surface area is 237 Å². The van der Waals surface area contributed by atoms with Crippen LogP contribution < -0.4 is 26.6 Å². The quantitative estimate of drug-likeness (QED) is 0.275. The van der Waals surface area contributed by atoms with Gasteiger partial charge in [-0.25, -0.2) is 18.6 Å². The fraction of sp³-hybridized carbons (Fsp3) is 0.500. The SMILES string of the molecule is CC[C@H](NC(=O)OC(C)(C)C)[C@H](Nc1nc(Nc2cc(F)c3c(c2)c(N(C)C)nn3C)c(C(N)=O)cc1F)C1CC1. The molecular weight excluding hydrogens is 534 g/mol. The van der Waals surface area contributed by atoms with Crippen molar-refractivity contribution in [3.63, 3.8) is 0 Å². The first-order chi connectivity index (χ1) is 19.2. The van der Waals surface area contributed by atoms with Crippen molar-refractivity contribution >= 4 is 46.0 Å². The molecule has 0 unspecified atom stereocenters. The van der Waals surface area contributed by atoms with Gasteiger partial charge >= 0.3 is 6.09 Å². The number of fused-ring (bicyclic) bond motifs is 1. The number of primary amides is 1. The summed E-state index contributed by atoms with van der Waals surface area (Å²) in [5, 5.41) is 13.9. The average Bonchev–Trinajstić information content (AvgIpc) is 3.63. The van der Waals surface area contributed by atoms with Gasteiger partial charge in [0.25, 0.3) is 5.91 Å². The first kappa shape index (κ1) is 29.8. The maximum atomic E-state index is 15.3. The van der Waals surface area contributed by atoms with Gasteiger partial charge < -0.3 is 31.3 Å². The molecule has 4 rings (SSSR count). The summed E-state index contributed by atoms with van der Waals surface area (Å²) in [4.78, 5) is 30.9. The van der Waals surface area contributed by atoms with Crippen molar-refractivity contribution in [1.82, 2.24) is 20.1 Å². The number of ether oxygens (including phenoxy) is 1. The van der Waals surface area contributed by atoms with Crippen LogP contribution in [0.15, 0.2) is 18.2 Å². The summed E-state index contributed by atoms with van der Waals surface area (Å²) in [6.07, 6.45) is 1.78. The van der Waals surface area contributed by atoms with Crippen molar-refractivity contribution < 1.29 is 23.1 Å². The highest BCUT2D eigenvalue weighted by atomic mass is 19.1. The Morgan fingerprint density at radius 3 is 2.41 bits per heavy atom. The summed E-state index contributed by atoms with van der Waals surface area (Å²) >= 11 is 0. The van der Waals surface area contributed by atoms with E-state index in [9.17, 15) is 9.59 Å². The highest BCUT2D eigenvalue weighted by Gasteiger charge is 2.38. The number of aromatic nitrogens is 3. The second-order valence-corrected chi connectivity index (χ2v) is 11.6. The van der Waals surface area contributed by atoms with Crippen LogP contribution in [0, 0.1) is 17.6 Å². The molecule has 13 heteroatoms. The van der Waals surface area contributed by atoms with Gasteiger partial charge in [0.15, 0.2) is 23.3 Å². The third-order valence-electron chi connectivity index (χ3n) is 6.81. The van der Waals surface area contributed by atoms with Crippen LogP contribution in [0.5, 0.6) is 0 Å². The highest BCUT2D eigenvalue weighted by Crippen LogP contribution is 2.37. The Morgan fingerprint density at radius 1 is 1.17 bits per heavy atom. The van der Waals surface area contributed by atoms with Crippen LogP contribution >= 0.6 is 0 Å². The number of nitrogens with two attached hydrogens (primary N) is 1. The molecule has 2 heterocycles. The van der Waals surface area contributed by atoms with Crippen LogP contribution in [0.1, 0.15) is 57.3 Å². The summed E-state index contributed by atoms with van der Waals surface area (Å²) in [6, 6.07) is 3.19. The van der Waals surface area contributed by atoms with E-state index in [0.717, 1.165) is 18.9 Å². The van der Waals surface area contributed by atoms with E-state index in [1.54, 1.807) is 52.9 Å². The Bertz CT molecular complexity index is 1460. The summed E-state index contributed by atoms with van der Waals surface area (Å²) in [5.41, 5.74) is 5.26.